The number of carbonyl (C=O) groups is 1. The maximum absolute atomic E-state index is 12.4. The van der Waals surface area contributed by atoms with Gasteiger partial charge in [0.15, 0.2) is 5.65 Å². The molecule has 1 aliphatic heterocycles. The summed E-state index contributed by atoms with van der Waals surface area (Å²) >= 11 is 1.43. The van der Waals surface area contributed by atoms with Crippen molar-refractivity contribution in [2.75, 3.05) is 18.8 Å². The molecule has 1 unspecified atom stereocenters. The zero-order valence-corrected chi connectivity index (χ0v) is 16.0. The van der Waals surface area contributed by atoms with Gasteiger partial charge in [-0.1, -0.05) is 42.1 Å². The molecule has 1 aromatic carbocycles. The highest BCUT2D eigenvalue weighted by Crippen LogP contribution is 2.23. The van der Waals surface area contributed by atoms with E-state index < -0.39 is 0 Å². The van der Waals surface area contributed by atoms with Crippen LogP contribution >= 0.6 is 11.8 Å². The SMILES string of the molecule is Cn1ncc2c(SCC(=O)NC3CCN(Cc4ccccc4)C3)ncnc21. The van der Waals surface area contributed by atoms with Crippen molar-refractivity contribution in [1.82, 2.24) is 30.0 Å². The van der Waals surface area contributed by atoms with Gasteiger partial charge in [0.05, 0.1) is 17.3 Å². The first-order chi connectivity index (χ1) is 13.2. The van der Waals surface area contributed by atoms with Crippen LogP contribution in [-0.2, 0) is 18.4 Å². The van der Waals surface area contributed by atoms with E-state index in [1.54, 1.807) is 10.9 Å². The summed E-state index contributed by atoms with van der Waals surface area (Å²) in [6.07, 6.45) is 4.25. The molecule has 0 radical (unpaired) electrons. The van der Waals surface area contributed by atoms with Gasteiger partial charge in [0.25, 0.3) is 0 Å². The number of aromatic nitrogens is 4. The summed E-state index contributed by atoms with van der Waals surface area (Å²) in [7, 11) is 1.85. The first-order valence-corrected chi connectivity index (χ1v) is 9.99. The van der Waals surface area contributed by atoms with E-state index in [-0.39, 0.29) is 11.9 Å². The second-order valence-corrected chi connectivity index (χ2v) is 7.71. The van der Waals surface area contributed by atoms with Gasteiger partial charge < -0.3 is 5.32 Å². The maximum Gasteiger partial charge on any atom is 0.230 e. The molecule has 1 aliphatic rings. The molecule has 7 nitrogen and oxygen atoms in total. The number of nitrogens with one attached hydrogen (secondary N) is 1. The Balaban J connectivity index is 1.27. The first-order valence-electron chi connectivity index (χ1n) is 9.00. The van der Waals surface area contributed by atoms with Crippen molar-refractivity contribution in [1.29, 1.82) is 0 Å². The molecule has 27 heavy (non-hydrogen) atoms. The highest BCUT2D eigenvalue weighted by molar-refractivity contribution is 8.00. The Bertz CT molecular complexity index is 928. The van der Waals surface area contributed by atoms with Crippen molar-refractivity contribution in [2.45, 2.75) is 24.0 Å². The zero-order chi connectivity index (χ0) is 18.6. The Labute approximate surface area is 162 Å². The molecule has 1 saturated heterocycles. The summed E-state index contributed by atoms with van der Waals surface area (Å²) in [6.45, 7) is 2.84. The van der Waals surface area contributed by atoms with Crippen LogP contribution in [0.3, 0.4) is 0 Å². The van der Waals surface area contributed by atoms with Crippen LogP contribution in [0.2, 0.25) is 0 Å². The number of nitrogens with zero attached hydrogens (tertiary/aromatic N) is 5. The fourth-order valence-electron chi connectivity index (χ4n) is 3.39. The fourth-order valence-corrected chi connectivity index (χ4v) is 4.17. The van der Waals surface area contributed by atoms with E-state index in [0.29, 0.717) is 5.75 Å². The van der Waals surface area contributed by atoms with E-state index in [4.69, 9.17) is 0 Å². The van der Waals surface area contributed by atoms with Crippen molar-refractivity contribution in [3.8, 4) is 0 Å². The minimum Gasteiger partial charge on any atom is -0.351 e. The summed E-state index contributed by atoms with van der Waals surface area (Å²) in [4.78, 5) is 23.3. The van der Waals surface area contributed by atoms with Crippen LogP contribution in [-0.4, -0.2) is 55.4 Å². The Hall–Kier alpha value is -2.45. The number of thioether (sulfide) groups is 1. The molecule has 1 N–H and O–H groups in total. The highest BCUT2D eigenvalue weighted by Gasteiger charge is 2.24. The molecule has 1 atom stereocenters. The van der Waals surface area contributed by atoms with Crippen LogP contribution in [0, 0.1) is 0 Å². The van der Waals surface area contributed by atoms with E-state index in [1.807, 2.05) is 13.1 Å². The lowest BCUT2D eigenvalue weighted by molar-refractivity contribution is -0.119. The van der Waals surface area contributed by atoms with E-state index in [0.717, 1.165) is 42.1 Å². The number of fused-ring (bicyclic) bond motifs is 1. The summed E-state index contributed by atoms with van der Waals surface area (Å²) in [5.41, 5.74) is 2.09. The molecular weight excluding hydrogens is 360 g/mol. The predicted molar refractivity (Wildman–Crippen MR) is 105 cm³/mol. The van der Waals surface area contributed by atoms with Crippen molar-refractivity contribution < 1.29 is 4.79 Å². The molecule has 140 valence electrons. The second-order valence-electron chi connectivity index (χ2n) is 6.75. The van der Waals surface area contributed by atoms with Gasteiger partial charge in [0, 0.05) is 32.7 Å². The summed E-state index contributed by atoms with van der Waals surface area (Å²) in [5, 5.41) is 9.03. The topological polar surface area (TPSA) is 75.9 Å². The summed E-state index contributed by atoms with van der Waals surface area (Å²) < 4.78 is 1.71. The lowest BCUT2D eigenvalue weighted by Crippen LogP contribution is -2.38. The van der Waals surface area contributed by atoms with Gasteiger partial charge in [-0.25, -0.2) is 9.97 Å². The van der Waals surface area contributed by atoms with Crippen LogP contribution < -0.4 is 5.32 Å². The molecular formula is C19H22N6OS. The Morgan fingerprint density at radius 1 is 1.30 bits per heavy atom. The van der Waals surface area contributed by atoms with Crippen LogP contribution in [0.25, 0.3) is 11.0 Å². The minimum atomic E-state index is 0.0437. The lowest BCUT2D eigenvalue weighted by Gasteiger charge is -2.16. The lowest BCUT2D eigenvalue weighted by atomic mass is 10.2. The van der Waals surface area contributed by atoms with Gasteiger partial charge in [0.2, 0.25) is 5.91 Å². The van der Waals surface area contributed by atoms with Gasteiger partial charge in [-0.15, -0.1) is 0 Å². The number of hydrogen-bond acceptors (Lipinski definition) is 6. The van der Waals surface area contributed by atoms with Gasteiger partial charge >= 0.3 is 0 Å². The van der Waals surface area contributed by atoms with Gasteiger partial charge in [-0.3, -0.25) is 14.4 Å². The number of rotatable bonds is 6. The third-order valence-corrected chi connectivity index (χ3v) is 5.72. The number of hydrogen-bond donors (Lipinski definition) is 1. The van der Waals surface area contributed by atoms with Gasteiger partial charge in [0.1, 0.15) is 11.4 Å². The third-order valence-electron chi connectivity index (χ3n) is 4.72. The van der Waals surface area contributed by atoms with E-state index in [1.165, 1.54) is 23.7 Å². The van der Waals surface area contributed by atoms with E-state index in [9.17, 15) is 4.79 Å². The standard InChI is InChI=1S/C19H22N6OS/c1-24-18-16(9-22-24)19(21-13-20-18)27-12-17(26)23-15-7-8-25(11-15)10-14-5-3-2-4-6-14/h2-6,9,13,15H,7-8,10-12H2,1H3,(H,23,26). The smallest absolute Gasteiger partial charge is 0.230 e. The van der Waals surface area contributed by atoms with Crippen LogP contribution in [0.4, 0.5) is 0 Å². The van der Waals surface area contributed by atoms with Gasteiger partial charge in [-0.2, -0.15) is 5.10 Å². The largest absolute Gasteiger partial charge is 0.351 e. The summed E-state index contributed by atoms with van der Waals surface area (Å²) in [5.74, 6) is 0.387. The average molecular weight is 382 g/mol. The molecule has 0 spiro atoms. The highest BCUT2D eigenvalue weighted by atomic mass is 32.2. The molecule has 1 fully saturated rings. The number of carbonyl (C=O) groups excluding carboxylic acids is 1. The normalized spacial score (nSPS) is 17.4. The first kappa shape index (κ1) is 17.9. The number of aryl methyl sites for hydroxylation is 1. The molecule has 8 heteroatoms. The van der Waals surface area contributed by atoms with Crippen molar-refractivity contribution in [2.24, 2.45) is 7.05 Å². The third kappa shape index (κ3) is 4.28. The van der Waals surface area contributed by atoms with Crippen LogP contribution in [0.1, 0.15) is 12.0 Å². The zero-order valence-electron chi connectivity index (χ0n) is 15.2. The Morgan fingerprint density at radius 3 is 3.00 bits per heavy atom. The quantitative estimate of drug-likeness (QED) is 0.518. The average Bonchev–Trinajstić information content (AvgIpc) is 3.28. The summed E-state index contributed by atoms with van der Waals surface area (Å²) in [6, 6.07) is 10.7. The number of benzene rings is 1. The fraction of sp³-hybridized carbons (Fsp3) is 0.368. The van der Waals surface area contributed by atoms with Crippen molar-refractivity contribution in [3.05, 3.63) is 48.4 Å². The number of likely N-dealkylation sites (tertiary alicyclic amines) is 1. The Kier molecular flexibility index (Phi) is 5.35. The van der Waals surface area contributed by atoms with Crippen molar-refractivity contribution in [3.63, 3.8) is 0 Å². The Morgan fingerprint density at radius 2 is 2.15 bits per heavy atom. The molecule has 0 saturated carbocycles. The number of amides is 1. The molecule has 3 heterocycles. The molecule has 0 aliphatic carbocycles. The molecule has 2 aromatic heterocycles. The second kappa shape index (κ2) is 8.06. The molecule has 4 rings (SSSR count). The monoisotopic (exact) mass is 382 g/mol. The molecule has 3 aromatic rings. The van der Waals surface area contributed by atoms with Crippen molar-refractivity contribution >= 4 is 28.7 Å². The van der Waals surface area contributed by atoms with Crippen LogP contribution in [0.15, 0.2) is 47.9 Å². The van der Waals surface area contributed by atoms with Gasteiger partial charge in [-0.05, 0) is 12.0 Å². The van der Waals surface area contributed by atoms with E-state index in [2.05, 4.69) is 49.5 Å². The predicted octanol–water partition coefficient (Wildman–Crippen LogP) is 1.85. The van der Waals surface area contributed by atoms with E-state index >= 15 is 0 Å². The minimum absolute atomic E-state index is 0.0437. The molecule has 0 bridgehead atoms. The van der Waals surface area contributed by atoms with Crippen LogP contribution in [0.5, 0.6) is 0 Å². The maximum atomic E-state index is 12.4. The molecule has 1 amide bonds.